The molecule has 0 spiro atoms. The topological polar surface area (TPSA) is 58.4 Å². The number of piperidine rings is 1. The third-order valence-corrected chi connectivity index (χ3v) is 4.97. The molecule has 1 heterocycles. The molecule has 0 saturated carbocycles. The van der Waals surface area contributed by atoms with Gasteiger partial charge in [-0.05, 0) is 44.7 Å². The molecule has 1 aromatic rings. The van der Waals surface area contributed by atoms with Crippen molar-refractivity contribution < 1.29 is 4.79 Å². The number of nitrogens with zero attached hydrogens (tertiary/aromatic N) is 1. The molecular formula is C20H35Cl2N3O. The van der Waals surface area contributed by atoms with E-state index in [1.807, 2.05) is 0 Å². The van der Waals surface area contributed by atoms with E-state index >= 15 is 0 Å². The molecule has 0 aromatic heterocycles. The van der Waals surface area contributed by atoms with Crippen LogP contribution in [-0.4, -0.2) is 36.0 Å². The maximum absolute atomic E-state index is 12.1. The summed E-state index contributed by atoms with van der Waals surface area (Å²) in [5, 5.41) is 3.23. The van der Waals surface area contributed by atoms with Gasteiger partial charge in [-0.3, -0.25) is 9.69 Å². The molecule has 1 aliphatic heterocycles. The van der Waals surface area contributed by atoms with Crippen LogP contribution in [0.25, 0.3) is 0 Å². The summed E-state index contributed by atoms with van der Waals surface area (Å²) in [6, 6.07) is 11.5. The van der Waals surface area contributed by atoms with Crippen LogP contribution in [0, 0.1) is 0 Å². The van der Waals surface area contributed by atoms with Crippen molar-refractivity contribution in [3.63, 3.8) is 0 Å². The number of carbonyl (C=O) groups is 1. The molecule has 2 rings (SSSR count). The minimum absolute atomic E-state index is 0. The van der Waals surface area contributed by atoms with Crippen molar-refractivity contribution in [1.29, 1.82) is 0 Å². The van der Waals surface area contributed by atoms with Gasteiger partial charge in [0.25, 0.3) is 0 Å². The van der Waals surface area contributed by atoms with Gasteiger partial charge in [0.15, 0.2) is 0 Å². The zero-order chi connectivity index (χ0) is 17.2. The number of benzene rings is 1. The van der Waals surface area contributed by atoms with Gasteiger partial charge in [-0.15, -0.1) is 24.8 Å². The molecule has 1 amide bonds. The fourth-order valence-corrected chi connectivity index (χ4v) is 3.49. The lowest BCUT2D eigenvalue weighted by atomic mass is 9.97. The summed E-state index contributed by atoms with van der Waals surface area (Å²) in [6.07, 6.45) is 7.05. The highest BCUT2D eigenvalue weighted by atomic mass is 35.5. The zero-order valence-corrected chi connectivity index (χ0v) is 17.5. The molecule has 150 valence electrons. The molecule has 1 aromatic carbocycles. The number of nitrogens with two attached hydrogens (primary N) is 1. The lowest BCUT2D eigenvalue weighted by Crippen LogP contribution is -2.48. The first kappa shape index (κ1) is 25.2. The summed E-state index contributed by atoms with van der Waals surface area (Å²) in [5.41, 5.74) is 6.85. The predicted octanol–water partition coefficient (Wildman–Crippen LogP) is 3.91. The van der Waals surface area contributed by atoms with Gasteiger partial charge >= 0.3 is 0 Å². The van der Waals surface area contributed by atoms with E-state index in [9.17, 15) is 4.79 Å². The number of carbonyl (C=O) groups excluding carboxylic acids is 1. The average molecular weight is 404 g/mol. The Morgan fingerprint density at radius 2 is 1.85 bits per heavy atom. The number of amides is 1. The first-order valence-corrected chi connectivity index (χ1v) is 9.46. The van der Waals surface area contributed by atoms with Gasteiger partial charge in [-0.2, -0.15) is 0 Å². The Kier molecular flexibility index (Phi) is 13.8. The van der Waals surface area contributed by atoms with E-state index in [1.165, 1.54) is 5.56 Å². The maximum atomic E-state index is 12.1. The molecule has 1 fully saturated rings. The van der Waals surface area contributed by atoms with Crippen LogP contribution in [0.3, 0.4) is 0 Å². The lowest BCUT2D eigenvalue weighted by molar-refractivity contribution is -0.122. The second-order valence-corrected chi connectivity index (χ2v) is 7.05. The van der Waals surface area contributed by atoms with Gasteiger partial charge < -0.3 is 11.1 Å². The molecule has 1 aliphatic rings. The summed E-state index contributed by atoms with van der Waals surface area (Å²) in [6.45, 7) is 5.08. The number of unbranched alkanes of at least 4 members (excludes halogenated alkanes) is 3. The molecule has 1 saturated heterocycles. The van der Waals surface area contributed by atoms with Gasteiger partial charge in [0.05, 0.1) is 0 Å². The highest BCUT2D eigenvalue weighted by molar-refractivity contribution is 5.85. The van der Waals surface area contributed by atoms with Crippen molar-refractivity contribution in [2.45, 2.75) is 70.5 Å². The average Bonchev–Trinajstić information content (AvgIpc) is 2.58. The van der Waals surface area contributed by atoms with Crippen molar-refractivity contribution >= 4 is 30.7 Å². The van der Waals surface area contributed by atoms with Crippen LogP contribution in [0.1, 0.15) is 57.4 Å². The Balaban J connectivity index is 0.00000312. The molecule has 0 radical (unpaired) electrons. The molecule has 0 aliphatic carbocycles. The molecule has 2 unspecified atom stereocenters. The number of nitrogens with one attached hydrogen (secondary N) is 1. The highest BCUT2D eigenvalue weighted by Gasteiger charge is 2.26. The summed E-state index contributed by atoms with van der Waals surface area (Å²) < 4.78 is 0. The standard InChI is InChI=1S/C20H33N3O.2ClH/c1-17-15-19(22-20(24)11-7-2-3-8-13-21)12-14-23(17)16-18-9-5-4-6-10-18;;/h4-6,9-10,17,19H,2-3,7-8,11-16,21H2,1H3,(H,22,24);2*1H. The number of rotatable bonds is 9. The number of hydrogen-bond acceptors (Lipinski definition) is 3. The third-order valence-electron chi connectivity index (χ3n) is 4.97. The zero-order valence-electron chi connectivity index (χ0n) is 15.9. The van der Waals surface area contributed by atoms with Gasteiger partial charge in [0.2, 0.25) is 5.91 Å². The molecule has 3 N–H and O–H groups in total. The minimum Gasteiger partial charge on any atom is -0.353 e. The fourth-order valence-electron chi connectivity index (χ4n) is 3.49. The van der Waals surface area contributed by atoms with E-state index < -0.39 is 0 Å². The van der Waals surface area contributed by atoms with E-state index in [4.69, 9.17) is 5.73 Å². The van der Waals surface area contributed by atoms with Crippen LogP contribution in [0.5, 0.6) is 0 Å². The Bertz CT molecular complexity index is 487. The van der Waals surface area contributed by atoms with Crippen LogP contribution in [0.15, 0.2) is 30.3 Å². The largest absolute Gasteiger partial charge is 0.353 e. The second kappa shape index (κ2) is 14.3. The van der Waals surface area contributed by atoms with E-state index in [-0.39, 0.29) is 30.7 Å². The van der Waals surface area contributed by atoms with Crippen LogP contribution in [0.2, 0.25) is 0 Å². The molecule has 6 heteroatoms. The van der Waals surface area contributed by atoms with Gasteiger partial charge in [0, 0.05) is 31.6 Å². The van der Waals surface area contributed by atoms with Crippen molar-refractivity contribution in [2.75, 3.05) is 13.1 Å². The normalized spacial score (nSPS) is 19.9. The van der Waals surface area contributed by atoms with Gasteiger partial charge in [-0.1, -0.05) is 43.2 Å². The van der Waals surface area contributed by atoms with Crippen molar-refractivity contribution in [3.8, 4) is 0 Å². The second-order valence-electron chi connectivity index (χ2n) is 7.05. The molecule has 26 heavy (non-hydrogen) atoms. The molecule has 4 nitrogen and oxygen atoms in total. The smallest absolute Gasteiger partial charge is 0.220 e. The Hall–Kier alpha value is -0.810. The van der Waals surface area contributed by atoms with Gasteiger partial charge in [-0.25, -0.2) is 0 Å². The lowest BCUT2D eigenvalue weighted by Gasteiger charge is -2.38. The van der Waals surface area contributed by atoms with Crippen LogP contribution < -0.4 is 11.1 Å². The minimum atomic E-state index is 0. The van der Waals surface area contributed by atoms with Crippen molar-refractivity contribution in [2.24, 2.45) is 5.73 Å². The molecule has 2 atom stereocenters. The van der Waals surface area contributed by atoms with Gasteiger partial charge in [0.1, 0.15) is 0 Å². The Morgan fingerprint density at radius 1 is 1.15 bits per heavy atom. The van der Waals surface area contributed by atoms with E-state index in [1.54, 1.807) is 0 Å². The Labute approximate surface area is 171 Å². The number of hydrogen-bond donors (Lipinski definition) is 2. The number of likely N-dealkylation sites (tertiary alicyclic amines) is 1. The van der Waals surface area contributed by atoms with Crippen LogP contribution in [-0.2, 0) is 11.3 Å². The van der Waals surface area contributed by atoms with Crippen molar-refractivity contribution in [3.05, 3.63) is 35.9 Å². The first-order chi connectivity index (χ1) is 11.7. The SMILES string of the molecule is CC1CC(NC(=O)CCCCCCN)CCN1Cc1ccccc1.Cl.Cl. The summed E-state index contributed by atoms with van der Waals surface area (Å²) in [4.78, 5) is 14.6. The fraction of sp³-hybridized carbons (Fsp3) is 0.650. The van der Waals surface area contributed by atoms with Crippen LogP contribution in [0.4, 0.5) is 0 Å². The monoisotopic (exact) mass is 403 g/mol. The van der Waals surface area contributed by atoms with Crippen LogP contribution >= 0.6 is 24.8 Å². The maximum Gasteiger partial charge on any atom is 0.220 e. The van der Waals surface area contributed by atoms with E-state index in [2.05, 4.69) is 47.5 Å². The molecule has 0 bridgehead atoms. The van der Waals surface area contributed by atoms with E-state index in [0.29, 0.717) is 18.5 Å². The summed E-state index contributed by atoms with van der Waals surface area (Å²) in [7, 11) is 0. The molecular weight excluding hydrogens is 369 g/mol. The number of halogens is 2. The first-order valence-electron chi connectivity index (χ1n) is 9.46. The van der Waals surface area contributed by atoms with E-state index in [0.717, 1.165) is 58.2 Å². The highest BCUT2D eigenvalue weighted by Crippen LogP contribution is 2.20. The summed E-state index contributed by atoms with van der Waals surface area (Å²) in [5.74, 6) is 0.219. The van der Waals surface area contributed by atoms with Crippen molar-refractivity contribution in [1.82, 2.24) is 10.2 Å². The Morgan fingerprint density at radius 3 is 2.50 bits per heavy atom. The predicted molar refractivity (Wildman–Crippen MR) is 114 cm³/mol. The third kappa shape index (κ3) is 9.22. The quantitative estimate of drug-likeness (QED) is 0.614. The summed E-state index contributed by atoms with van der Waals surface area (Å²) >= 11 is 0.